The van der Waals surface area contributed by atoms with Crippen molar-refractivity contribution in [3.8, 4) is 0 Å². The fourth-order valence-corrected chi connectivity index (χ4v) is 0.676. The molecular formula is C8H11F3N2O3. The first-order valence-corrected chi connectivity index (χ1v) is 4.19. The van der Waals surface area contributed by atoms with Gasteiger partial charge in [0, 0.05) is 12.5 Å². The summed E-state index contributed by atoms with van der Waals surface area (Å²) < 4.78 is 36.6. The number of aryl methyl sites for hydroxylation is 1. The Hall–Kier alpha value is -1.57. The second-order valence-electron chi connectivity index (χ2n) is 2.78. The van der Waals surface area contributed by atoms with Crippen LogP contribution < -0.4 is 5.73 Å². The maximum absolute atomic E-state index is 10.6. The molecule has 5 nitrogen and oxygen atoms in total. The van der Waals surface area contributed by atoms with Crippen LogP contribution in [0.25, 0.3) is 0 Å². The summed E-state index contributed by atoms with van der Waals surface area (Å²) in [4.78, 5) is 8.90. The highest BCUT2D eigenvalue weighted by atomic mass is 19.4. The molecule has 0 bridgehead atoms. The largest absolute Gasteiger partial charge is 0.490 e. The minimum absolute atomic E-state index is 0.620. The van der Waals surface area contributed by atoms with E-state index in [2.05, 4.69) is 5.16 Å². The maximum atomic E-state index is 10.6. The molecule has 3 N–H and O–H groups in total. The van der Waals surface area contributed by atoms with Crippen molar-refractivity contribution >= 4 is 5.97 Å². The van der Waals surface area contributed by atoms with Crippen LogP contribution in [0.5, 0.6) is 0 Å². The van der Waals surface area contributed by atoms with Crippen LogP contribution in [0.1, 0.15) is 11.5 Å². The van der Waals surface area contributed by atoms with E-state index in [1.54, 1.807) is 0 Å². The Morgan fingerprint density at radius 2 is 2.12 bits per heavy atom. The SMILES string of the molecule is Cc1cc(CCN)on1.O=C(O)C(F)(F)F. The number of aliphatic carboxylic acids is 1. The quantitative estimate of drug-likeness (QED) is 0.808. The molecule has 92 valence electrons. The molecule has 0 atom stereocenters. The lowest BCUT2D eigenvalue weighted by molar-refractivity contribution is -0.192. The average molecular weight is 240 g/mol. The van der Waals surface area contributed by atoms with E-state index in [9.17, 15) is 13.2 Å². The molecule has 0 unspecified atom stereocenters. The van der Waals surface area contributed by atoms with Gasteiger partial charge in [0.2, 0.25) is 0 Å². The molecule has 0 saturated carbocycles. The number of aromatic nitrogens is 1. The molecule has 0 saturated heterocycles. The smallest absolute Gasteiger partial charge is 0.475 e. The number of hydrogen-bond donors (Lipinski definition) is 2. The molecular weight excluding hydrogens is 229 g/mol. The van der Waals surface area contributed by atoms with Crippen molar-refractivity contribution in [3.63, 3.8) is 0 Å². The highest BCUT2D eigenvalue weighted by Gasteiger charge is 2.38. The number of hydrogen-bond acceptors (Lipinski definition) is 4. The van der Waals surface area contributed by atoms with Gasteiger partial charge in [-0.15, -0.1) is 0 Å². The van der Waals surface area contributed by atoms with Gasteiger partial charge in [-0.25, -0.2) is 4.79 Å². The Balaban J connectivity index is 0.000000293. The average Bonchev–Trinajstić information content (AvgIpc) is 2.51. The summed E-state index contributed by atoms with van der Waals surface area (Å²) in [5, 5.41) is 10.8. The van der Waals surface area contributed by atoms with E-state index >= 15 is 0 Å². The minimum Gasteiger partial charge on any atom is -0.475 e. The molecule has 0 amide bonds. The standard InChI is InChI=1S/C6H10N2O.C2HF3O2/c1-5-4-6(2-3-7)9-8-5;3-2(4,5)1(6)7/h4H,2-3,7H2,1H3;(H,6,7). The molecule has 0 spiro atoms. The molecule has 0 aliphatic rings. The third-order valence-corrected chi connectivity index (χ3v) is 1.31. The lowest BCUT2D eigenvalue weighted by Gasteiger charge is -1.93. The van der Waals surface area contributed by atoms with E-state index in [4.69, 9.17) is 20.2 Å². The molecule has 0 fully saturated rings. The van der Waals surface area contributed by atoms with Crippen molar-refractivity contribution in [2.75, 3.05) is 6.54 Å². The molecule has 0 aromatic carbocycles. The lowest BCUT2D eigenvalue weighted by atomic mass is 10.3. The van der Waals surface area contributed by atoms with Crippen LogP contribution in [0.15, 0.2) is 10.6 Å². The second-order valence-corrected chi connectivity index (χ2v) is 2.78. The number of halogens is 3. The summed E-state index contributed by atoms with van der Waals surface area (Å²) in [5.74, 6) is -1.89. The lowest BCUT2D eigenvalue weighted by Crippen LogP contribution is -2.21. The van der Waals surface area contributed by atoms with Crippen LogP contribution in [0.3, 0.4) is 0 Å². The number of nitrogens with zero attached hydrogens (tertiary/aromatic N) is 1. The van der Waals surface area contributed by atoms with Crippen molar-refractivity contribution < 1.29 is 27.6 Å². The Kier molecular flexibility index (Phi) is 5.51. The summed E-state index contributed by atoms with van der Waals surface area (Å²) in [6, 6.07) is 1.90. The van der Waals surface area contributed by atoms with Crippen LogP contribution in [-0.4, -0.2) is 29.0 Å². The summed E-state index contributed by atoms with van der Waals surface area (Å²) in [6.45, 7) is 2.51. The van der Waals surface area contributed by atoms with Gasteiger partial charge in [0.1, 0.15) is 5.76 Å². The van der Waals surface area contributed by atoms with Gasteiger partial charge in [0.25, 0.3) is 0 Å². The first-order chi connectivity index (χ1) is 7.27. The summed E-state index contributed by atoms with van der Waals surface area (Å²) in [5.41, 5.74) is 6.20. The van der Waals surface area contributed by atoms with Crippen molar-refractivity contribution in [2.45, 2.75) is 19.5 Å². The van der Waals surface area contributed by atoms with Crippen LogP contribution in [0.2, 0.25) is 0 Å². The molecule has 8 heteroatoms. The van der Waals surface area contributed by atoms with Crippen molar-refractivity contribution in [1.29, 1.82) is 0 Å². The zero-order valence-electron chi connectivity index (χ0n) is 8.41. The fourth-order valence-electron chi connectivity index (χ4n) is 0.676. The third kappa shape index (κ3) is 6.02. The number of rotatable bonds is 2. The molecule has 0 radical (unpaired) electrons. The van der Waals surface area contributed by atoms with Crippen LogP contribution in [0.4, 0.5) is 13.2 Å². The molecule has 0 aliphatic carbocycles. The maximum Gasteiger partial charge on any atom is 0.490 e. The first kappa shape index (κ1) is 14.4. The van der Waals surface area contributed by atoms with E-state index in [-0.39, 0.29) is 0 Å². The first-order valence-electron chi connectivity index (χ1n) is 4.19. The van der Waals surface area contributed by atoms with Gasteiger partial charge in [-0.3, -0.25) is 0 Å². The summed E-state index contributed by atoms with van der Waals surface area (Å²) in [6.07, 6.45) is -4.30. The zero-order valence-corrected chi connectivity index (χ0v) is 8.41. The third-order valence-electron chi connectivity index (χ3n) is 1.31. The van der Waals surface area contributed by atoms with Gasteiger partial charge < -0.3 is 15.4 Å². The van der Waals surface area contributed by atoms with Crippen LogP contribution in [-0.2, 0) is 11.2 Å². The van der Waals surface area contributed by atoms with E-state index < -0.39 is 12.1 Å². The Bertz CT molecular complexity index is 336. The van der Waals surface area contributed by atoms with Gasteiger partial charge in [-0.05, 0) is 13.5 Å². The highest BCUT2D eigenvalue weighted by molar-refractivity contribution is 5.73. The van der Waals surface area contributed by atoms with E-state index in [1.807, 2.05) is 13.0 Å². The van der Waals surface area contributed by atoms with Gasteiger partial charge in [-0.1, -0.05) is 5.16 Å². The second kappa shape index (κ2) is 6.11. The zero-order chi connectivity index (χ0) is 12.8. The fraction of sp³-hybridized carbons (Fsp3) is 0.500. The number of carbonyl (C=O) groups is 1. The minimum atomic E-state index is -5.08. The summed E-state index contributed by atoms with van der Waals surface area (Å²) >= 11 is 0. The normalized spacial score (nSPS) is 10.6. The van der Waals surface area contributed by atoms with Crippen molar-refractivity contribution in [2.24, 2.45) is 5.73 Å². The Morgan fingerprint density at radius 1 is 1.62 bits per heavy atom. The number of nitrogens with two attached hydrogens (primary N) is 1. The van der Waals surface area contributed by atoms with Gasteiger partial charge in [0.15, 0.2) is 0 Å². The van der Waals surface area contributed by atoms with E-state index in [0.29, 0.717) is 6.54 Å². The number of carboxylic acid groups (broad SMARTS) is 1. The molecule has 1 aromatic heterocycles. The van der Waals surface area contributed by atoms with Gasteiger partial charge in [0.05, 0.1) is 5.69 Å². The monoisotopic (exact) mass is 240 g/mol. The molecule has 16 heavy (non-hydrogen) atoms. The van der Waals surface area contributed by atoms with E-state index in [0.717, 1.165) is 17.9 Å². The van der Waals surface area contributed by atoms with Gasteiger partial charge >= 0.3 is 12.1 Å². The highest BCUT2D eigenvalue weighted by Crippen LogP contribution is 2.13. The predicted octanol–water partition coefficient (Wildman–Crippen LogP) is 1.12. The predicted molar refractivity (Wildman–Crippen MR) is 47.7 cm³/mol. The summed E-state index contributed by atoms with van der Waals surface area (Å²) in [7, 11) is 0. The molecule has 1 heterocycles. The Labute approximate surface area is 89.0 Å². The molecule has 0 aliphatic heterocycles. The number of alkyl halides is 3. The van der Waals surface area contributed by atoms with Crippen molar-refractivity contribution in [1.82, 2.24) is 5.16 Å². The van der Waals surface area contributed by atoms with Gasteiger partial charge in [-0.2, -0.15) is 13.2 Å². The molecule has 1 aromatic rings. The molecule has 1 rings (SSSR count). The van der Waals surface area contributed by atoms with E-state index in [1.165, 1.54) is 0 Å². The topological polar surface area (TPSA) is 89.4 Å². The van der Waals surface area contributed by atoms with Crippen LogP contribution >= 0.6 is 0 Å². The van der Waals surface area contributed by atoms with Crippen molar-refractivity contribution in [3.05, 3.63) is 17.5 Å². The van der Waals surface area contributed by atoms with Crippen LogP contribution in [0, 0.1) is 6.92 Å². The Morgan fingerprint density at radius 3 is 2.38 bits per heavy atom. The number of carboxylic acids is 1.